The van der Waals surface area contributed by atoms with E-state index in [1.165, 1.54) is 13.2 Å². The van der Waals surface area contributed by atoms with Crippen molar-refractivity contribution >= 4 is 11.9 Å². The van der Waals surface area contributed by atoms with Gasteiger partial charge in [-0.3, -0.25) is 4.79 Å². The van der Waals surface area contributed by atoms with E-state index in [0.717, 1.165) is 17.7 Å². The van der Waals surface area contributed by atoms with Crippen LogP contribution in [0.1, 0.15) is 30.6 Å². The summed E-state index contributed by atoms with van der Waals surface area (Å²) in [5.74, 6) is -3.90. The van der Waals surface area contributed by atoms with Gasteiger partial charge in [-0.15, -0.1) is 0 Å². The molecule has 0 aromatic heterocycles. The van der Waals surface area contributed by atoms with Gasteiger partial charge < -0.3 is 10.1 Å². The van der Waals surface area contributed by atoms with Gasteiger partial charge in [0.15, 0.2) is 11.6 Å². The van der Waals surface area contributed by atoms with Crippen molar-refractivity contribution in [3.05, 3.63) is 47.0 Å². The van der Waals surface area contributed by atoms with Gasteiger partial charge in [-0.05, 0) is 32.4 Å². The Hall–Kier alpha value is -2.24. The molecule has 0 saturated carbocycles. The first-order valence-electron chi connectivity index (χ1n) is 6.33. The quantitative estimate of drug-likeness (QED) is 0.671. The van der Waals surface area contributed by atoms with Crippen LogP contribution >= 0.6 is 0 Å². The maximum absolute atomic E-state index is 13.5. The number of methoxy groups -OCH3 is 1. The Labute approximate surface area is 121 Å². The van der Waals surface area contributed by atoms with Crippen molar-refractivity contribution in [1.82, 2.24) is 5.32 Å². The number of rotatable bonds is 5. The lowest BCUT2D eigenvalue weighted by molar-refractivity contribution is -0.142. The van der Waals surface area contributed by atoms with Gasteiger partial charge in [-0.25, -0.2) is 13.6 Å². The maximum atomic E-state index is 13.5. The summed E-state index contributed by atoms with van der Waals surface area (Å²) in [6.45, 7) is 3.67. The third-order valence-corrected chi connectivity index (χ3v) is 2.75. The lowest BCUT2D eigenvalue weighted by Crippen LogP contribution is -2.41. The molecule has 1 atom stereocenters. The van der Waals surface area contributed by atoms with Gasteiger partial charge >= 0.3 is 5.97 Å². The molecule has 4 nitrogen and oxygen atoms in total. The number of carbonyl (C=O) groups excluding carboxylic acids is 2. The summed E-state index contributed by atoms with van der Waals surface area (Å²) in [5.41, 5.74) is 0.496. The van der Waals surface area contributed by atoms with Crippen LogP contribution in [0.15, 0.2) is 29.8 Å². The first-order valence-corrected chi connectivity index (χ1v) is 6.33. The predicted octanol–water partition coefficient (Wildman–Crippen LogP) is 2.59. The number of benzene rings is 1. The smallest absolute Gasteiger partial charge is 0.328 e. The van der Waals surface area contributed by atoms with Crippen molar-refractivity contribution < 1.29 is 23.1 Å². The Morgan fingerprint density at radius 3 is 2.57 bits per heavy atom. The average Bonchev–Trinajstić information content (AvgIpc) is 2.45. The molecule has 0 radical (unpaired) electrons. The molecular formula is C15H17F2NO3. The van der Waals surface area contributed by atoms with Gasteiger partial charge in [-0.2, -0.15) is 0 Å². The number of hydrogen-bond donors (Lipinski definition) is 1. The number of amides is 1. The van der Waals surface area contributed by atoms with E-state index in [2.05, 4.69) is 10.1 Å². The molecule has 21 heavy (non-hydrogen) atoms. The summed E-state index contributed by atoms with van der Waals surface area (Å²) in [5, 5.41) is 2.34. The van der Waals surface area contributed by atoms with Crippen LogP contribution in [-0.2, 0) is 9.53 Å². The van der Waals surface area contributed by atoms with Crippen LogP contribution in [0.2, 0.25) is 0 Å². The fraction of sp³-hybridized carbons (Fsp3) is 0.333. The molecule has 6 heteroatoms. The first kappa shape index (κ1) is 16.8. The largest absolute Gasteiger partial charge is 0.467 e. The van der Waals surface area contributed by atoms with Gasteiger partial charge in [0.2, 0.25) is 0 Å². The molecule has 0 aliphatic rings. The van der Waals surface area contributed by atoms with E-state index in [0.29, 0.717) is 0 Å². The zero-order valence-electron chi connectivity index (χ0n) is 12.1. The number of esters is 1. The topological polar surface area (TPSA) is 55.4 Å². The van der Waals surface area contributed by atoms with Gasteiger partial charge in [0.05, 0.1) is 12.7 Å². The van der Waals surface area contributed by atoms with Crippen molar-refractivity contribution in [3.63, 3.8) is 0 Å². The molecule has 1 aromatic carbocycles. The Balaban J connectivity index is 2.92. The highest BCUT2D eigenvalue weighted by Gasteiger charge is 2.23. The Kier molecular flexibility index (Phi) is 6.02. The van der Waals surface area contributed by atoms with Crippen LogP contribution in [0.3, 0.4) is 0 Å². The van der Waals surface area contributed by atoms with Crippen LogP contribution in [0.5, 0.6) is 0 Å². The minimum Gasteiger partial charge on any atom is -0.467 e. The van der Waals surface area contributed by atoms with Crippen molar-refractivity contribution in [2.75, 3.05) is 7.11 Å². The van der Waals surface area contributed by atoms with E-state index in [4.69, 9.17) is 0 Å². The highest BCUT2D eigenvalue weighted by atomic mass is 19.2. The van der Waals surface area contributed by atoms with Gasteiger partial charge in [0.25, 0.3) is 5.91 Å². The van der Waals surface area contributed by atoms with Gasteiger partial charge in [-0.1, -0.05) is 17.7 Å². The predicted molar refractivity (Wildman–Crippen MR) is 73.7 cm³/mol. The van der Waals surface area contributed by atoms with Gasteiger partial charge in [0, 0.05) is 0 Å². The minimum atomic E-state index is -1.25. The third-order valence-electron chi connectivity index (χ3n) is 2.75. The number of allylic oxidation sites excluding steroid dienone is 1. The van der Waals surface area contributed by atoms with Crippen molar-refractivity contribution in [2.24, 2.45) is 0 Å². The summed E-state index contributed by atoms with van der Waals surface area (Å²) in [6, 6.07) is 2.31. The van der Waals surface area contributed by atoms with Crippen molar-refractivity contribution in [3.8, 4) is 0 Å². The zero-order valence-corrected chi connectivity index (χ0v) is 12.1. The van der Waals surface area contributed by atoms with Gasteiger partial charge in [0.1, 0.15) is 6.04 Å². The standard InChI is InChI=1S/C15H17F2NO3/c1-9(2)7-8-12(15(20)21-3)18-14(19)10-5-4-6-11(16)13(10)17/h4-7,12H,8H2,1-3H3,(H,18,19)/t12-/m0/s1. The third kappa shape index (κ3) is 4.66. The summed E-state index contributed by atoms with van der Waals surface area (Å²) in [4.78, 5) is 23.6. The van der Waals surface area contributed by atoms with Crippen LogP contribution in [0.25, 0.3) is 0 Å². The summed E-state index contributed by atoms with van der Waals surface area (Å²) in [7, 11) is 1.19. The van der Waals surface area contributed by atoms with Crippen molar-refractivity contribution in [1.29, 1.82) is 0 Å². The lowest BCUT2D eigenvalue weighted by atomic mass is 10.1. The van der Waals surface area contributed by atoms with E-state index in [1.54, 1.807) is 6.08 Å². The molecule has 0 unspecified atom stereocenters. The van der Waals surface area contributed by atoms with Crippen LogP contribution in [-0.4, -0.2) is 25.0 Å². The number of hydrogen-bond acceptors (Lipinski definition) is 3. The van der Waals surface area contributed by atoms with E-state index in [-0.39, 0.29) is 6.42 Å². The SMILES string of the molecule is COC(=O)[C@H](CC=C(C)C)NC(=O)c1cccc(F)c1F. The molecule has 1 amide bonds. The van der Waals surface area contributed by atoms with E-state index < -0.39 is 35.1 Å². The highest BCUT2D eigenvalue weighted by molar-refractivity contribution is 5.97. The normalized spacial score (nSPS) is 11.5. The number of carbonyl (C=O) groups is 2. The molecule has 0 heterocycles. The summed E-state index contributed by atoms with van der Waals surface area (Å²) in [6.07, 6.45) is 1.95. The lowest BCUT2D eigenvalue weighted by Gasteiger charge is -2.15. The number of ether oxygens (including phenoxy) is 1. The zero-order chi connectivity index (χ0) is 16.0. The second-order valence-electron chi connectivity index (χ2n) is 4.67. The highest BCUT2D eigenvalue weighted by Crippen LogP contribution is 2.12. The van der Waals surface area contributed by atoms with E-state index in [1.807, 2.05) is 13.8 Å². The Morgan fingerprint density at radius 2 is 2.00 bits per heavy atom. The molecule has 0 aliphatic heterocycles. The molecule has 1 N–H and O–H groups in total. The second kappa shape index (κ2) is 7.52. The summed E-state index contributed by atoms with van der Waals surface area (Å²) < 4.78 is 31.2. The maximum Gasteiger partial charge on any atom is 0.328 e. The van der Waals surface area contributed by atoms with E-state index >= 15 is 0 Å². The molecule has 0 fully saturated rings. The number of halogens is 2. The number of nitrogens with one attached hydrogen (secondary N) is 1. The van der Waals surface area contributed by atoms with Crippen LogP contribution in [0.4, 0.5) is 8.78 Å². The minimum absolute atomic E-state index is 0.206. The fourth-order valence-electron chi connectivity index (χ4n) is 1.63. The molecule has 0 spiro atoms. The average molecular weight is 297 g/mol. The molecule has 1 aromatic rings. The monoisotopic (exact) mass is 297 g/mol. The van der Waals surface area contributed by atoms with Crippen molar-refractivity contribution in [2.45, 2.75) is 26.3 Å². The molecule has 0 saturated heterocycles. The second-order valence-corrected chi connectivity index (χ2v) is 4.67. The van der Waals surface area contributed by atoms with Crippen LogP contribution in [0, 0.1) is 11.6 Å². The fourth-order valence-corrected chi connectivity index (χ4v) is 1.63. The molecule has 114 valence electrons. The molecular weight excluding hydrogens is 280 g/mol. The molecule has 1 rings (SSSR count). The molecule has 0 aliphatic carbocycles. The van der Waals surface area contributed by atoms with E-state index in [9.17, 15) is 18.4 Å². The Morgan fingerprint density at radius 1 is 1.33 bits per heavy atom. The summed E-state index contributed by atoms with van der Waals surface area (Å²) >= 11 is 0. The molecule has 0 bridgehead atoms. The Bertz CT molecular complexity index is 566. The first-order chi connectivity index (χ1) is 9.86. The van der Waals surface area contributed by atoms with Crippen LogP contribution < -0.4 is 5.32 Å².